The Hall–Kier alpha value is -0.410. The highest BCUT2D eigenvalue weighted by Crippen LogP contribution is 2.24. The molecule has 1 aromatic rings. The molecule has 1 heterocycles. The van der Waals surface area contributed by atoms with Crippen molar-refractivity contribution in [2.24, 2.45) is 0 Å². The number of ketones is 1. The molecule has 0 saturated carbocycles. The summed E-state index contributed by atoms with van der Waals surface area (Å²) in [5, 5.41) is -0.459. The summed E-state index contributed by atoms with van der Waals surface area (Å²) in [6, 6.07) is 2.35. The maximum absolute atomic E-state index is 12.0. The molecule has 0 bridgehead atoms. The Bertz CT molecular complexity index is 412. The number of nitrogens with zero attached hydrogens (tertiary/aromatic N) is 1. The van der Waals surface area contributed by atoms with Gasteiger partial charge in [0.1, 0.15) is 0 Å². The average molecular weight is 274 g/mol. The molecule has 1 aromatic heterocycles. The largest absolute Gasteiger partial charge is 0.345 e. The minimum atomic E-state index is -0.459. The third-order valence-corrected chi connectivity index (χ3v) is 3.97. The molecule has 0 spiro atoms. The van der Waals surface area contributed by atoms with Crippen molar-refractivity contribution in [1.29, 1.82) is 0 Å². The van der Waals surface area contributed by atoms with Gasteiger partial charge in [0.15, 0.2) is 5.78 Å². The fourth-order valence-electron chi connectivity index (χ4n) is 2.23. The quantitative estimate of drug-likeness (QED) is 0.601. The zero-order chi connectivity index (χ0) is 13.2. The summed E-state index contributed by atoms with van der Waals surface area (Å²) in [6.07, 6.45) is 2.09. The van der Waals surface area contributed by atoms with Gasteiger partial charge < -0.3 is 4.57 Å². The van der Waals surface area contributed by atoms with E-state index >= 15 is 0 Å². The summed E-state index contributed by atoms with van der Waals surface area (Å²) in [4.78, 5) is 12.0. The number of aryl methyl sites for hydroxylation is 1. The zero-order valence-electron chi connectivity index (χ0n) is 11.1. The van der Waals surface area contributed by atoms with Gasteiger partial charge in [-0.15, -0.1) is 11.6 Å². The van der Waals surface area contributed by atoms with E-state index in [1.165, 1.54) is 0 Å². The number of halogens is 1. The lowest BCUT2D eigenvalue weighted by atomic mass is 10.1. The van der Waals surface area contributed by atoms with Gasteiger partial charge >= 0.3 is 0 Å². The lowest BCUT2D eigenvalue weighted by molar-refractivity contribution is 0.0991. The third kappa shape index (κ3) is 3.08. The second kappa shape index (κ2) is 5.96. The van der Waals surface area contributed by atoms with E-state index in [2.05, 4.69) is 17.7 Å². The van der Waals surface area contributed by atoms with Gasteiger partial charge in [0.2, 0.25) is 0 Å². The van der Waals surface area contributed by atoms with Crippen LogP contribution in [0.3, 0.4) is 0 Å². The smallest absolute Gasteiger partial charge is 0.182 e. The van der Waals surface area contributed by atoms with Crippen LogP contribution in [-0.4, -0.2) is 27.7 Å². The first-order chi connectivity index (χ1) is 7.90. The summed E-state index contributed by atoms with van der Waals surface area (Å²) in [6.45, 7) is 7.94. The van der Waals surface area contributed by atoms with E-state index in [0.717, 1.165) is 22.7 Å². The van der Waals surface area contributed by atoms with Crippen LogP contribution < -0.4 is 0 Å². The first kappa shape index (κ1) is 14.7. The number of Topliss-reactive ketones (excluding diaryl/α,β-unsaturated/α-hetero) is 1. The standard InChI is InChI=1S/C13H20ClNOS/c1-8-6-12(13(16)10(3)14)11(4)15(8)9(2)7-17-5/h6,9-10H,7H2,1-5H3. The lowest BCUT2D eigenvalue weighted by Gasteiger charge is -2.17. The molecule has 0 aliphatic carbocycles. The van der Waals surface area contributed by atoms with Crippen LogP contribution in [-0.2, 0) is 0 Å². The summed E-state index contributed by atoms with van der Waals surface area (Å²) >= 11 is 7.69. The van der Waals surface area contributed by atoms with Crippen molar-refractivity contribution >= 4 is 29.1 Å². The Labute approximate surface area is 113 Å². The van der Waals surface area contributed by atoms with Crippen molar-refractivity contribution in [1.82, 2.24) is 4.57 Å². The molecule has 17 heavy (non-hydrogen) atoms. The molecule has 96 valence electrons. The van der Waals surface area contributed by atoms with E-state index in [1.807, 2.05) is 31.7 Å². The predicted molar refractivity (Wildman–Crippen MR) is 76.6 cm³/mol. The minimum Gasteiger partial charge on any atom is -0.345 e. The van der Waals surface area contributed by atoms with E-state index in [1.54, 1.807) is 6.92 Å². The van der Waals surface area contributed by atoms with Gasteiger partial charge in [-0.25, -0.2) is 0 Å². The number of hydrogen-bond donors (Lipinski definition) is 0. The van der Waals surface area contributed by atoms with E-state index in [0.29, 0.717) is 6.04 Å². The number of rotatable bonds is 5. The minimum absolute atomic E-state index is 0.0161. The molecule has 0 aliphatic rings. The van der Waals surface area contributed by atoms with Crippen molar-refractivity contribution in [3.63, 3.8) is 0 Å². The normalized spacial score (nSPS) is 14.7. The van der Waals surface area contributed by atoms with Crippen molar-refractivity contribution in [2.75, 3.05) is 12.0 Å². The molecule has 2 atom stereocenters. The second-order valence-electron chi connectivity index (χ2n) is 4.44. The Morgan fingerprint density at radius 1 is 1.47 bits per heavy atom. The topological polar surface area (TPSA) is 22.0 Å². The SMILES string of the molecule is CSCC(C)n1c(C)cc(C(=O)C(C)Cl)c1C. The Morgan fingerprint density at radius 2 is 2.06 bits per heavy atom. The number of hydrogen-bond acceptors (Lipinski definition) is 2. The molecule has 0 fully saturated rings. The van der Waals surface area contributed by atoms with Gasteiger partial charge in [0.25, 0.3) is 0 Å². The molecule has 2 unspecified atom stereocenters. The molecular weight excluding hydrogens is 254 g/mol. The first-order valence-electron chi connectivity index (χ1n) is 5.75. The summed E-state index contributed by atoms with van der Waals surface area (Å²) in [5.74, 6) is 1.06. The van der Waals surface area contributed by atoms with Crippen molar-refractivity contribution in [2.45, 2.75) is 39.1 Å². The highest BCUT2D eigenvalue weighted by Gasteiger charge is 2.21. The predicted octanol–water partition coefficient (Wildman–Crippen LogP) is 3.84. The van der Waals surface area contributed by atoms with Gasteiger partial charge in [-0.1, -0.05) is 0 Å². The average Bonchev–Trinajstić information content (AvgIpc) is 2.53. The van der Waals surface area contributed by atoms with Gasteiger partial charge in [-0.3, -0.25) is 4.79 Å². The lowest BCUT2D eigenvalue weighted by Crippen LogP contribution is -2.14. The maximum atomic E-state index is 12.0. The number of alkyl halides is 1. The number of aromatic nitrogens is 1. The molecule has 1 rings (SSSR count). The van der Waals surface area contributed by atoms with Crippen LogP contribution in [0, 0.1) is 13.8 Å². The van der Waals surface area contributed by atoms with Gasteiger partial charge in [0.05, 0.1) is 5.38 Å². The van der Waals surface area contributed by atoms with E-state index in [4.69, 9.17) is 11.6 Å². The van der Waals surface area contributed by atoms with Crippen molar-refractivity contribution < 1.29 is 4.79 Å². The highest BCUT2D eigenvalue weighted by molar-refractivity contribution is 7.98. The van der Waals surface area contributed by atoms with Crippen LogP contribution in [0.25, 0.3) is 0 Å². The molecule has 4 heteroatoms. The van der Waals surface area contributed by atoms with E-state index in [-0.39, 0.29) is 5.78 Å². The van der Waals surface area contributed by atoms with Gasteiger partial charge in [-0.05, 0) is 40.0 Å². The summed E-state index contributed by atoms with van der Waals surface area (Å²) in [7, 11) is 0. The maximum Gasteiger partial charge on any atom is 0.182 e. The molecule has 0 aliphatic heterocycles. The first-order valence-corrected chi connectivity index (χ1v) is 7.58. The van der Waals surface area contributed by atoms with Crippen molar-refractivity contribution in [3.8, 4) is 0 Å². The fourth-order valence-corrected chi connectivity index (χ4v) is 2.98. The van der Waals surface area contributed by atoms with E-state index in [9.17, 15) is 4.79 Å². The van der Waals surface area contributed by atoms with Gasteiger partial charge in [-0.2, -0.15) is 11.8 Å². The van der Waals surface area contributed by atoms with Crippen molar-refractivity contribution in [3.05, 3.63) is 23.0 Å². The van der Waals surface area contributed by atoms with Crippen LogP contribution in [0.4, 0.5) is 0 Å². The van der Waals surface area contributed by atoms with Crippen LogP contribution in [0.2, 0.25) is 0 Å². The molecule has 2 nitrogen and oxygen atoms in total. The van der Waals surface area contributed by atoms with Crippen LogP contribution in [0.1, 0.15) is 41.6 Å². The zero-order valence-corrected chi connectivity index (χ0v) is 12.7. The molecule has 0 aromatic carbocycles. The number of carbonyl (C=O) groups is 1. The van der Waals surface area contributed by atoms with Gasteiger partial charge in [0, 0.05) is 28.7 Å². The summed E-state index contributed by atoms with van der Waals surface area (Å²) < 4.78 is 2.23. The number of thioether (sulfide) groups is 1. The van der Waals surface area contributed by atoms with E-state index < -0.39 is 5.38 Å². The number of carbonyl (C=O) groups excluding carboxylic acids is 1. The second-order valence-corrected chi connectivity index (χ2v) is 6.00. The fraction of sp³-hybridized carbons (Fsp3) is 0.615. The molecule has 0 amide bonds. The molecule has 0 saturated heterocycles. The van der Waals surface area contributed by atoms with Crippen LogP contribution >= 0.6 is 23.4 Å². The molecular formula is C13H20ClNOS. The Balaban J connectivity index is 3.14. The Morgan fingerprint density at radius 3 is 2.53 bits per heavy atom. The highest BCUT2D eigenvalue weighted by atomic mass is 35.5. The van der Waals surface area contributed by atoms with Crippen LogP contribution in [0.5, 0.6) is 0 Å². The Kier molecular flexibility index (Phi) is 5.14. The molecule has 0 N–H and O–H groups in total. The monoisotopic (exact) mass is 273 g/mol. The summed E-state index contributed by atoms with van der Waals surface area (Å²) in [5.41, 5.74) is 2.92. The third-order valence-electron chi connectivity index (χ3n) is 2.96. The van der Waals surface area contributed by atoms with Crippen LogP contribution in [0.15, 0.2) is 6.07 Å². The molecule has 0 radical (unpaired) electrons.